The first-order valence-electron chi connectivity index (χ1n) is 9.23. The SMILES string of the molecule is CCC1CN(c2ncc(C(C)(C)C(=O)O)c(N3CCOCC3)n2)CCO1. The van der Waals surface area contributed by atoms with Crippen LogP contribution in [0.4, 0.5) is 11.8 Å². The number of carboxylic acids is 1. The van der Waals surface area contributed by atoms with E-state index in [1.807, 2.05) is 0 Å². The maximum absolute atomic E-state index is 11.8. The molecule has 3 rings (SSSR count). The standard InChI is InChI=1S/C18H28N4O4/c1-4-13-12-22(7-10-26-13)17-19-11-14(18(2,3)16(23)24)15(20-17)21-5-8-25-9-6-21/h11,13H,4-10,12H2,1-3H3,(H,23,24). The Kier molecular flexibility index (Phi) is 5.62. The van der Waals surface area contributed by atoms with E-state index in [4.69, 9.17) is 14.5 Å². The van der Waals surface area contributed by atoms with Crippen LogP contribution in [0.25, 0.3) is 0 Å². The molecule has 1 atom stereocenters. The molecule has 0 radical (unpaired) electrons. The monoisotopic (exact) mass is 364 g/mol. The van der Waals surface area contributed by atoms with Gasteiger partial charge in [0.1, 0.15) is 5.82 Å². The molecule has 2 aliphatic heterocycles. The lowest BCUT2D eigenvalue weighted by Crippen LogP contribution is -2.44. The second kappa shape index (κ2) is 7.75. The molecular weight excluding hydrogens is 336 g/mol. The number of anilines is 2. The molecule has 0 aliphatic carbocycles. The molecule has 2 saturated heterocycles. The second-order valence-corrected chi connectivity index (χ2v) is 7.28. The van der Waals surface area contributed by atoms with Crippen molar-refractivity contribution in [3.63, 3.8) is 0 Å². The first-order chi connectivity index (χ1) is 12.4. The van der Waals surface area contributed by atoms with Crippen LogP contribution in [0.15, 0.2) is 6.20 Å². The summed E-state index contributed by atoms with van der Waals surface area (Å²) in [6.07, 6.45) is 2.79. The average Bonchev–Trinajstić information content (AvgIpc) is 2.68. The van der Waals surface area contributed by atoms with Crippen LogP contribution >= 0.6 is 0 Å². The Morgan fingerprint density at radius 3 is 2.62 bits per heavy atom. The molecule has 8 nitrogen and oxygen atoms in total. The fourth-order valence-corrected chi connectivity index (χ4v) is 3.24. The molecule has 1 unspecified atom stereocenters. The van der Waals surface area contributed by atoms with E-state index < -0.39 is 11.4 Å². The van der Waals surface area contributed by atoms with Crippen molar-refractivity contribution < 1.29 is 19.4 Å². The zero-order chi connectivity index (χ0) is 18.7. The summed E-state index contributed by atoms with van der Waals surface area (Å²) < 4.78 is 11.2. The predicted octanol–water partition coefficient (Wildman–Crippen LogP) is 1.29. The topological polar surface area (TPSA) is 88.0 Å². The molecule has 2 aliphatic rings. The average molecular weight is 364 g/mol. The van der Waals surface area contributed by atoms with E-state index in [2.05, 4.69) is 21.7 Å². The number of hydrogen-bond donors (Lipinski definition) is 1. The fraction of sp³-hybridized carbons (Fsp3) is 0.722. The third kappa shape index (κ3) is 3.76. The van der Waals surface area contributed by atoms with Crippen LogP contribution < -0.4 is 9.80 Å². The lowest BCUT2D eigenvalue weighted by Gasteiger charge is -2.35. The minimum atomic E-state index is -1.07. The molecular formula is C18H28N4O4. The van der Waals surface area contributed by atoms with Gasteiger partial charge in [-0.1, -0.05) is 6.92 Å². The maximum atomic E-state index is 11.8. The molecule has 1 N–H and O–H groups in total. The van der Waals surface area contributed by atoms with Crippen molar-refractivity contribution in [1.29, 1.82) is 0 Å². The highest BCUT2D eigenvalue weighted by molar-refractivity contribution is 5.82. The minimum absolute atomic E-state index is 0.175. The van der Waals surface area contributed by atoms with Gasteiger partial charge in [0, 0.05) is 37.9 Å². The quantitative estimate of drug-likeness (QED) is 0.836. The van der Waals surface area contributed by atoms with E-state index in [-0.39, 0.29) is 6.10 Å². The summed E-state index contributed by atoms with van der Waals surface area (Å²) in [7, 11) is 0. The van der Waals surface area contributed by atoms with Crippen LogP contribution in [0.3, 0.4) is 0 Å². The van der Waals surface area contributed by atoms with Crippen LogP contribution in [0.2, 0.25) is 0 Å². The summed E-state index contributed by atoms with van der Waals surface area (Å²) in [6, 6.07) is 0. The molecule has 26 heavy (non-hydrogen) atoms. The van der Waals surface area contributed by atoms with Gasteiger partial charge < -0.3 is 24.4 Å². The molecule has 0 saturated carbocycles. The number of hydrogen-bond acceptors (Lipinski definition) is 7. The summed E-state index contributed by atoms with van der Waals surface area (Å²) in [5.41, 5.74) is -0.431. The molecule has 0 spiro atoms. The lowest BCUT2D eigenvalue weighted by molar-refractivity contribution is -0.142. The third-order valence-corrected chi connectivity index (χ3v) is 5.15. The van der Waals surface area contributed by atoms with Gasteiger partial charge in [-0.2, -0.15) is 4.98 Å². The van der Waals surface area contributed by atoms with Gasteiger partial charge in [0.2, 0.25) is 5.95 Å². The Morgan fingerprint density at radius 1 is 1.27 bits per heavy atom. The van der Waals surface area contributed by atoms with Crippen molar-refractivity contribution in [2.24, 2.45) is 0 Å². The van der Waals surface area contributed by atoms with Crippen molar-refractivity contribution in [1.82, 2.24) is 9.97 Å². The molecule has 1 aromatic heterocycles. The first kappa shape index (κ1) is 18.8. The maximum Gasteiger partial charge on any atom is 0.313 e. The Hall–Kier alpha value is -1.93. The van der Waals surface area contributed by atoms with Crippen LogP contribution in [0, 0.1) is 0 Å². The zero-order valence-corrected chi connectivity index (χ0v) is 15.8. The van der Waals surface area contributed by atoms with E-state index in [1.165, 1.54) is 0 Å². The van der Waals surface area contributed by atoms with Crippen molar-refractivity contribution in [2.75, 3.05) is 55.8 Å². The molecule has 1 aromatic rings. The number of morpholine rings is 2. The van der Waals surface area contributed by atoms with E-state index >= 15 is 0 Å². The molecule has 0 amide bonds. The molecule has 3 heterocycles. The molecule has 8 heteroatoms. The van der Waals surface area contributed by atoms with E-state index in [0.29, 0.717) is 50.2 Å². The number of aliphatic carboxylic acids is 1. The summed E-state index contributed by atoms with van der Waals surface area (Å²) in [4.78, 5) is 25.3. The van der Waals surface area contributed by atoms with Gasteiger partial charge in [-0.25, -0.2) is 4.98 Å². The molecule has 2 fully saturated rings. The van der Waals surface area contributed by atoms with Crippen molar-refractivity contribution >= 4 is 17.7 Å². The van der Waals surface area contributed by atoms with Crippen LogP contribution in [-0.2, 0) is 19.7 Å². The highest BCUT2D eigenvalue weighted by Crippen LogP contribution is 2.33. The first-order valence-corrected chi connectivity index (χ1v) is 9.23. The van der Waals surface area contributed by atoms with Crippen LogP contribution in [-0.4, -0.2) is 73.1 Å². The third-order valence-electron chi connectivity index (χ3n) is 5.15. The Labute approximate surface area is 154 Å². The summed E-state index contributed by atoms with van der Waals surface area (Å²) in [5.74, 6) is 0.448. The van der Waals surface area contributed by atoms with Gasteiger partial charge in [0.25, 0.3) is 0 Å². The van der Waals surface area contributed by atoms with E-state index in [0.717, 1.165) is 19.5 Å². The minimum Gasteiger partial charge on any atom is -0.481 e. The van der Waals surface area contributed by atoms with Gasteiger partial charge in [-0.3, -0.25) is 4.79 Å². The van der Waals surface area contributed by atoms with Crippen molar-refractivity contribution in [3.05, 3.63) is 11.8 Å². The number of aromatic nitrogens is 2. The van der Waals surface area contributed by atoms with Crippen molar-refractivity contribution in [3.8, 4) is 0 Å². The van der Waals surface area contributed by atoms with Gasteiger partial charge in [-0.15, -0.1) is 0 Å². The number of carboxylic acid groups (broad SMARTS) is 1. The molecule has 144 valence electrons. The van der Waals surface area contributed by atoms with Crippen molar-refractivity contribution in [2.45, 2.75) is 38.7 Å². The number of nitrogens with zero attached hydrogens (tertiary/aromatic N) is 4. The number of rotatable bonds is 5. The van der Waals surface area contributed by atoms with Gasteiger partial charge >= 0.3 is 5.97 Å². The van der Waals surface area contributed by atoms with Crippen LogP contribution in [0.1, 0.15) is 32.8 Å². The summed E-state index contributed by atoms with van der Waals surface area (Å²) >= 11 is 0. The van der Waals surface area contributed by atoms with E-state index in [1.54, 1.807) is 20.0 Å². The zero-order valence-electron chi connectivity index (χ0n) is 15.8. The Morgan fingerprint density at radius 2 is 1.96 bits per heavy atom. The lowest BCUT2D eigenvalue weighted by atomic mass is 9.85. The smallest absolute Gasteiger partial charge is 0.313 e. The normalized spacial score (nSPS) is 21.7. The second-order valence-electron chi connectivity index (χ2n) is 7.28. The van der Waals surface area contributed by atoms with Gasteiger partial charge in [0.15, 0.2) is 0 Å². The number of carbonyl (C=O) groups is 1. The Bertz CT molecular complexity index is 646. The fourth-order valence-electron chi connectivity index (χ4n) is 3.24. The molecule has 0 aromatic carbocycles. The highest BCUT2D eigenvalue weighted by atomic mass is 16.5. The van der Waals surface area contributed by atoms with Gasteiger partial charge in [0.05, 0.1) is 31.3 Å². The molecule has 0 bridgehead atoms. The summed E-state index contributed by atoms with van der Waals surface area (Å²) in [5, 5.41) is 9.68. The number of ether oxygens (including phenoxy) is 2. The largest absolute Gasteiger partial charge is 0.481 e. The van der Waals surface area contributed by atoms with E-state index in [9.17, 15) is 9.90 Å². The van der Waals surface area contributed by atoms with Gasteiger partial charge in [-0.05, 0) is 20.3 Å². The predicted molar refractivity (Wildman–Crippen MR) is 98.0 cm³/mol. The van der Waals surface area contributed by atoms with Crippen LogP contribution in [0.5, 0.6) is 0 Å². The summed E-state index contributed by atoms with van der Waals surface area (Å²) in [6.45, 7) is 10.2. The highest BCUT2D eigenvalue weighted by Gasteiger charge is 2.35. The Balaban J connectivity index is 1.97.